The van der Waals surface area contributed by atoms with E-state index in [9.17, 15) is 19.5 Å². The van der Waals surface area contributed by atoms with Gasteiger partial charge in [0.2, 0.25) is 0 Å². The lowest BCUT2D eigenvalue weighted by atomic mass is 9.82. The summed E-state index contributed by atoms with van der Waals surface area (Å²) in [5, 5.41) is 11.9. The molecule has 0 fully saturated rings. The van der Waals surface area contributed by atoms with Gasteiger partial charge in [-0.25, -0.2) is 4.79 Å². The van der Waals surface area contributed by atoms with Gasteiger partial charge in [-0.15, -0.1) is 0 Å². The van der Waals surface area contributed by atoms with Crippen molar-refractivity contribution in [2.75, 3.05) is 13.7 Å². The second-order valence-corrected chi connectivity index (χ2v) is 9.47. The number of Topliss-reactive ketones (excluding diaryl/α,β-unsaturated/α-hetero) is 1. The number of hydrogen-bond donors (Lipinski definition) is 2. The van der Waals surface area contributed by atoms with Crippen molar-refractivity contribution in [1.82, 2.24) is 9.88 Å². The molecule has 176 valence electrons. The molecule has 3 aromatic rings. The lowest BCUT2D eigenvalue weighted by Gasteiger charge is -2.29. The number of nitrogens with one attached hydrogen (secondary N) is 1. The zero-order chi connectivity index (χ0) is 24.6. The maximum absolute atomic E-state index is 13.3. The van der Waals surface area contributed by atoms with E-state index in [0.717, 1.165) is 16.5 Å². The van der Waals surface area contributed by atoms with Crippen LogP contribution in [-0.4, -0.2) is 46.3 Å². The van der Waals surface area contributed by atoms with Crippen LogP contribution in [-0.2, 0) is 20.7 Å². The van der Waals surface area contributed by atoms with Crippen molar-refractivity contribution in [3.63, 3.8) is 0 Å². The number of ketones is 1. The number of para-hydroxylation sites is 1. The molecule has 1 amide bonds. The van der Waals surface area contributed by atoms with Crippen molar-refractivity contribution in [2.45, 2.75) is 33.2 Å². The van der Waals surface area contributed by atoms with Crippen LogP contribution in [0.15, 0.2) is 66.1 Å². The third-order valence-electron chi connectivity index (χ3n) is 6.17. The molecule has 1 atom stereocenters. The predicted octanol–water partition coefficient (Wildman–Crippen LogP) is 4.51. The first-order valence-corrected chi connectivity index (χ1v) is 11.2. The van der Waals surface area contributed by atoms with E-state index in [0.29, 0.717) is 24.1 Å². The summed E-state index contributed by atoms with van der Waals surface area (Å²) in [6.07, 6.45) is 2.46. The summed E-state index contributed by atoms with van der Waals surface area (Å²) in [4.78, 5) is 43.1. The van der Waals surface area contributed by atoms with Gasteiger partial charge in [-0.2, -0.15) is 0 Å². The van der Waals surface area contributed by atoms with Crippen molar-refractivity contribution in [3.8, 4) is 0 Å². The van der Waals surface area contributed by atoms with Gasteiger partial charge >= 0.3 is 5.97 Å². The molecule has 1 unspecified atom stereocenters. The molecule has 34 heavy (non-hydrogen) atoms. The summed E-state index contributed by atoms with van der Waals surface area (Å²) in [5.74, 6) is -1.86. The summed E-state index contributed by atoms with van der Waals surface area (Å²) in [6, 6.07) is 13.7. The van der Waals surface area contributed by atoms with Gasteiger partial charge in [-0.05, 0) is 35.7 Å². The normalized spacial score (nSPS) is 16.4. The van der Waals surface area contributed by atoms with Gasteiger partial charge in [0.05, 0.1) is 24.3 Å². The molecule has 0 saturated heterocycles. The number of benzene rings is 2. The fourth-order valence-corrected chi connectivity index (χ4v) is 4.37. The van der Waals surface area contributed by atoms with Gasteiger partial charge in [-0.1, -0.05) is 51.1 Å². The number of aromatic amines is 1. The Kier molecular flexibility index (Phi) is 6.04. The number of aromatic nitrogens is 1. The van der Waals surface area contributed by atoms with Crippen LogP contribution in [0.1, 0.15) is 48.3 Å². The van der Waals surface area contributed by atoms with Gasteiger partial charge < -0.3 is 19.7 Å². The Hall–Kier alpha value is -3.87. The molecule has 1 aromatic heterocycles. The Balaban J connectivity index is 1.71. The molecule has 1 aliphatic heterocycles. The molecule has 7 nitrogen and oxygen atoms in total. The molecular formula is C27H28N2O5. The number of rotatable bonds is 6. The predicted molar refractivity (Wildman–Crippen MR) is 128 cm³/mol. The first kappa shape index (κ1) is 23.3. The summed E-state index contributed by atoms with van der Waals surface area (Å²) in [6.45, 7) is 5.57. The van der Waals surface area contributed by atoms with Gasteiger partial charge in [0.25, 0.3) is 5.91 Å². The highest BCUT2D eigenvalue weighted by Gasteiger charge is 2.45. The zero-order valence-corrected chi connectivity index (χ0v) is 19.7. The number of aliphatic hydroxyl groups excluding tert-OH is 1. The molecule has 2 heterocycles. The highest BCUT2D eigenvalue weighted by atomic mass is 16.5. The number of fused-ring (bicyclic) bond motifs is 1. The molecular weight excluding hydrogens is 432 g/mol. The summed E-state index contributed by atoms with van der Waals surface area (Å²) in [7, 11) is 1.30. The Labute approximate surface area is 198 Å². The van der Waals surface area contributed by atoms with E-state index >= 15 is 0 Å². The van der Waals surface area contributed by atoms with Crippen LogP contribution < -0.4 is 0 Å². The average molecular weight is 461 g/mol. The first-order valence-electron chi connectivity index (χ1n) is 11.2. The van der Waals surface area contributed by atoms with E-state index in [1.54, 1.807) is 45.0 Å². The standard InChI is InChI=1S/C27H28N2O5/c1-27(2,3)24(31)21-22(16-9-11-17(12-10-16)26(33)34-4)29(25(32)23(21)30)14-13-18-15-28-20-8-6-5-7-19(18)20/h5-12,15,22,28,30H,13-14H2,1-4H3. The van der Waals surface area contributed by atoms with Crippen LogP contribution in [0.2, 0.25) is 0 Å². The second kappa shape index (κ2) is 8.82. The number of H-pyrrole nitrogens is 1. The highest BCUT2D eigenvalue weighted by molar-refractivity contribution is 6.10. The topological polar surface area (TPSA) is 99.7 Å². The minimum absolute atomic E-state index is 0.0854. The number of carbonyl (C=O) groups is 3. The molecule has 0 saturated carbocycles. The molecule has 2 aromatic carbocycles. The van der Waals surface area contributed by atoms with Crippen molar-refractivity contribution < 1.29 is 24.2 Å². The second-order valence-electron chi connectivity index (χ2n) is 9.47. The van der Waals surface area contributed by atoms with Crippen molar-refractivity contribution in [3.05, 3.63) is 82.8 Å². The number of hydrogen-bond acceptors (Lipinski definition) is 5. The van der Waals surface area contributed by atoms with Crippen LogP contribution in [0, 0.1) is 5.41 Å². The van der Waals surface area contributed by atoms with Gasteiger partial charge in [0.1, 0.15) is 0 Å². The van der Waals surface area contributed by atoms with E-state index in [1.165, 1.54) is 12.0 Å². The number of nitrogens with zero attached hydrogens (tertiary/aromatic N) is 1. The fourth-order valence-electron chi connectivity index (χ4n) is 4.37. The lowest BCUT2D eigenvalue weighted by molar-refractivity contribution is -0.129. The quantitative estimate of drug-likeness (QED) is 0.528. The largest absolute Gasteiger partial charge is 0.503 e. The Morgan fingerprint density at radius 3 is 2.41 bits per heavy atom. The molecule has 0 aliphatic carbocycles. The van der Waals surface area contributed by atoms with E-state index in [1.807, 2.05) is 30.5 Å². The maximum Gasteiger partial charge on any atom is 0.337 e. The maximum atomic E-state index is 13.3. The van der Waals surface area contributed by atoms with E-state index in [4.69, 9.17) is 4.74 Å². The number of aliphatic hydroxyl groups is 1. The Bertz CT molecular complexity index is 1290. The van der Waals surface area contributed by atoms with Crippen LogP contribution in [0.25, 0.3) is 10.9 Å². The molecule has 0 radical (unpaired) electrons. The minimum Gasteiger partial charge on any atom is -0.503 e. The summed E-state index contributed by atoms with van der Waals surface area (Å²) < 4.78 is 4.77. The van der Waals surface area contributed by atoms with Crippen molar-refractivity contribution in [2.24, 2.45) is 5.41 Å². The minimum atomic E-state index is -0.791. The molecule has 0 bridgehead atoms. The number of amides is 1. The Morgan fingerprint density at radius 2 is 1.76 bits per heavy atom. The van der Waals surface area contributed by atoms with Gasteiger partial charge in [-0.3, -0.25) is 9.59 Å². The molecule has 4 rings (SSSR count). The fraction of sp³-hybridized carbons (Fsp3) is 0.296. The lowest BCUT2D eigenvalue weighted by Crippen LogP contribution is -2.34. The van der Waals surface area contributed by atoms with E-state index in [2.05, 4.69) is 4.98 Å². The van der Waals surface area contributed by atoms with Crippen LogP contribution in [0.3, 0.4) is 0 Å². The number of esters is 1. The molecule has 1 aliphatic rings. The number of ether oxygens (including phenoxy) is 1. The highest BCUT2D eigenvalue weighted by Crippen LogP contribution is 2.41. The average Bonchev–Trinajstić information content (AvgIpc) is 3.34. The first-order chi connectivity index (χ1) is 16.1. The number of carbonyl (C=O) groups excluding carboxylic acids is 3. The smallest absolute Gasteiger partial charge is 0.337 e. The van der Waals surface area contributed by atoms with E-state index in [-0.39, 0.29) is 11.4 Å². The van der Waals surface area contributed by atoms with Crippen LogP contribution >= 0.6 is 0 Å². The van der Waals surface area contributed by atoms with Gasteiger partial charge in [0.15, 0.2) is 11.5 Å². The van der Waals surface area contributed by atoms with Crippen LogP contribution in [0.5, 0.6) is 0 Å². The van der Waals surface area contributed by atoms with Crippen molar-refractivity contribution in [1.29, 1.82) is 0 Å². The monoisotopic (exact) mass is 460 g/mol. The number of methoxy groups -OCH3 is 1. The summed E-state index contributed by atoms with van der Waals surface area (Å²) >= 11 is 0. The molecule has 2 N–H and O–H groups in total. The third kappa shape index (κ3) is 4.09. The Morgan fingerprint density at radius 1 is 1.09 bits per heavy atom. The van der Waals surface area contributed by atoms with Gasteiger partial charge in [0, 0.05) is 29.1 Å². The summed E-state index contributed by atoms with van der Waals surface area (Å²) in [5.41, 5.74) is 2.33. The van der Waals surface area contributed by atoms with Crippen molar-refractivity contribution >= 4 is 28.6 Å². The zero-order valence-electron chi connectivity index (χ0n) is 19.7. The molecule has 7 heteroatoms. The molecule has 0 spiro atoms. The SMILES string of the molecule is COC(=O)c1ccc(C2C(C(=O)C(C)(C)C)=C(O)C(=O)N2CCc2c[nH]c3ccccc23)cc1. The van der Waals surface area contributed by atoms with Crippen LogP contribution in [0.4, 0.5) is 0 Å². The van der Waals surface area contributed by atoms with E-state index < -0.39 is 29.1 Å². The third-order valence-corrected chi connectivity index (χ3v) is 6.17.